The average molecular weight is 237 g/mol. The van der Waals surface area contributed by atoms with Crippen LogP contribution in [0.1, 0.15) is 17.2 Å². The molecule has 1 aromatic carbocycles. The molecule has 4 nitrogen and oxygen atoms in total. The Balaban J connectivity index is 2.34. The summed E-state index contributed by atoms with van der Waals surface area (Å²) in [5.74, 6) is 0.978. The van der Waals surface area contributed by atoms with Gasteiger partial charge in [-0.2, -0.15) is 0 Å². The summed E-state index contributed by atoms with van der Waals surface area (Å²) in [6, 6.07) is 6.18. The molecule has 1 atom stereocenters. The molecule has 0 spiro atoms. The number of para-hydroxylation sites is 1. The van der Waals surface area contributed by atoms with Gasteiger partial charge in [-0.05, 0) is 12.6 Å². The second kappa shape index (κ2) is 5.49. The van der Waals surface area contributed by atoms with Crippen molar-refractivity contribution in [3.8, 4) is 5.75 Å². The fraction of sp³-hybridized carbons (Fsp3) is 0.538. The summed E-state index contributed by atoms with van der Waals surface area (Å²) < 4.78 is 16.4. The van der Waals surface area contributed by atoms with Crippen molar-refractivity contribution in [2.24, 2.45) is 0 Å². The van der Waals surface area contributed by atoms with Crippen LogP contribution in [0.5, 0.6) is 5.75 Å². The molecule has 1 heterocycles. The Bertz CT molecular complexity index is 377. The number of ether oxygens (including phenoxy) is 3. The molecule has 0 bridgehead atoms. The van der Waals surface area contributed by atoms with Crippen LogP contribution in [0.25, 0.3) is 0 Å². The molecule has 1 N–H and O–H groups in total. The second-order valence-electron chi connectivity index (χ2n) is 4.04. The summed E-state index contributed by atoms with van der Waals surface area (Å²) in [6.07, 6.45) is 0.653. The first-order chi connectivity index (χ1) is 8.31. The number of hydrogen-bond acceptors (Lipinski definition) is 4. The van der Waals surface area contributed by atoms with Crippen molar-refractivity contribution < 1.29 is 14.2 Å². The summed E-state index contributed by atoms with van der Waals surface area (Å²) in [6.45, 7) is 0.757. The number of methoxy groups -OCH3 is 2. The Morgan fingerprint density at radius 2 is 2.06 bits per heavy atom. The van der Waals surface area contributed by atoms with E-state index in [2.05, 4.69) is 23.5 Å². The maximum atomic E-state index is 5.70. The molecule has 4 heteroatoms. The fourth-order valence-electron chi connectivity index (χ4n) is 2.29. The van der Waals surface area contributed by atoms with Crippen LogP contribution in [-0.2, 0) is 15.9 Å². The zero-order chi connectivity index (χ0) is 12.3. The summed E-state index contributed by atoms with van der Waals surface area (Å²) >= 11 is 0. The topological polar surface area (TPSA) is 39.7 Å². The monoisotopic (exact) mass is 237 g/mol. The van der Waals surface area contributed by atoms with Crippen molar-refractivity contribution in [2.75, 3.05) is 27.9 Å². The molecule has 1 aliphatic rings. The second-order valence-corrected chi connectivity index (χ2v) is 4.04. The molecule has 0 saturated carbocycles. The Hall–Kier alpha value is -1.10. The molecule has 17 heavy (non-hydrogen) atoms. The van der Waals surface area contributed by atoms with E-state index in [1.54, 1.807) is 14.2 Å². The molecule has 94 valence electrons. The predicted octanol–water partition coefficient (Wildman–Crippen LogP) is 1.50. The third-order valence-electron chi connectivity index (χ3n) is 3.13. The largest absolute Gasteiger partial charge is 0.493 e. The van der Waals surface area contributed by atoms with Crippen LogP contribution in [0.3, 0.4) is 0 Å². The van der Waals surface area contributed by atoms with Crippen LogP contribution in [-0.4, -0.2) is 34.2 Å². The Labute approximate surface area is 102 Å². The first-order valence-electron chi connectivity index (χ1n) is 5.79. The third kappa shape index (κ3) is 2.29. The maximum Gasteiger partial charge on any atom is 0.176 e. The standard InChI is InChI=1S/C13H19NO3/c1-14-11(13(15-2)16-3)10-6-4-5-9-7-8-17-12(9)10/h4-6,11,13-14H,7-8H2,1-3H3. The molecule has 1 aliphatic heterocycles. The molecule has 0 saturated heterocycles. The summed E-state index contributed by atoms with van der Waals surface area (Å²) in [5, 5.41) is 3.22. The van der Waals surface area contributed by atoms with Crippen LogP contribution in [0.2, 0.25) is 0 Å². The van der Waals surface area contributed by atoms with E-state index in [-0.39, 0.29) is 12.3 Å². The van der Waals surface area contributed by atoms with Gasteiger partial charge in [0.25, 0.3) is 0 Å². The highest BCUT2D eigenvalue weighted by Crippen LogP contribution is 2.35. The van der Waals surface area contributed by atoms with Crippen LogP contribution in [0.15, 0.2) is 18.2 Å². The van der Waals surface area contributed by atoms with Crippen molar-refractivity contribution >= 4 is 0 Å². The molecular formula is C13H19NO3. The van der Waals surface area contributed by atoms with Gasteiger partial charge in [0.2, 0.25) is 0 Å². The van der Waals surface area contributed by atoms with Crippen molar-refractivity contribution in [3.05, 3.63) is 29.3 Å². The average Bonchev–Trinajstić information content (AvgIpc) is 2.84. The van der Waals surface area contributed by atoms with E-state index in [1.165, 1.54) is 5.56 Å². The third-order valence-corrected chi connectivity index (χ3v) is 3.13. The summed E-state index contributed by atoms with van der Waals surface area (Å²) in [5.41, 5.74) is 2.35. The number of rotatable bonds is 5. The van der Waals surface area contributed by atoms with Gasteiger partial charge in [-0.1, -0.05) is 18.2 Å². The van der Waals surface area contributed by atoms with Gasteiger partial charge in [-0.3, -0.25) is 0 Å². The Morgan fingerprint density at radius 1 is 1.29 bits per heavy atom. The van der Waals surface area contributed by atoms with Gasteiger partial charge < -0.3 is 19.5 Å². The highest BCUT2D eigenvalue weighted by molar-refractivity contribution is 5.45. The smallest absolute Gasteiger partial charge is 0.176 e. The minimum absolute atomic E-state index is 0.0296. The van der Waals surface area contributed by atoms with E-state index in [1.807, 2.05) is 7.05 Å². The van der Waals surface area contributed by atoms with Gasteiger partial charge in [0, 0.05) is 26.2 Å². The lowest BCUT2D eigenvalue weighted by molar-refractivity contribution is -0.123. The van der Waals surface area contributed by atoms with Gasteiger partial charge in [0.05, 0.1) is 12.6 Å². The summed E-state index contributed by atoms with van der Waals surface area (Å²) in [4.78, 5) is 0. The van der Waals surface area contributed by atoms with E-state index < -0.39 is 0 Å². The van der Waals surface area contributed by atoms with E-state index >= 15 is 0 Å². The molecule has 1 aromatic rings. The molecule has 0 amide bonds. The van der Waals surface area contributed by atoms with Crippen LogP contribution >= 0.6 is 0 Å². The molecule has 0 aliphatic carbocycles. The quantitative estimate of drug-likeness (QED) is 0.788. The van der Waals surface area contributed by atoms with Crippen molar-refractivity contribution in [1.29, 1.82) is 0 Å². The van der Waals surface area contributed by atoms with Crippen LogP contribution in [0.4, 0.5) is 0 Å². The van der Waals surface area contributed by atoms with Gasteiger partial charge in [-0.15, -0.1) is 0 Å². The Kier molecular flexibility index (Phi) is 3.99. The maximum absolute atomic E-state index is 5.70. The lowest BCUT2D eigenvalue weighted by Crippen LogP contribution is -2.32. The highest BCUT2D eigenvalue weighted by Gasteiger charge is 2.27. The van der Waals surface area contributed by atoms with Crippen molar-refractivity contribution in [3.63, 3.8) is 0 Å². The predicted molar refractivity (Wildman–Crippen MR) is 65.2 cm³/mol. The number of likely N-dealkylation sites (N-methyl/N-ethyl adjacent to an activating group) is 1. The lowest BCUT2D eigenvalue weighted by Gasteiger charge is -2.25. The number of fused-ring (bicyclic) bond motifs is 1. The van der Waals surface area contributed by atoms with E-state index in [0.29, 0.717) is 0 Å². The highest BCUT2D eigenvalue weighted by atomic mass is 16.7. The minimum atomic E-state index is -0.323. The zero-order valence-corrected chi connectivity index (χ0v) is 10.5. The van der Waals surface area contributed by atoms with Gasteiger partial charge in [0.1, 0.15) is 5.75 Å². The minimum Gasteiger partial charge on any atom is -0.493 e. The van der Waals surface area contributed by atoms with E-state index in [9.17, 15) is 0 Å². The van der Waals surface area contributed by atoms with Crippen LogP contribution < -0.4 is 10.1 Å². The lowest BCUT2D eigenvalue weighted by atomic mass is 10.0. The van der Waals surface area contributed by atoms with Gasteiger partial charge in [-0.25, -0.2) is 0 Å². The van der Waals surface area contributed by atoms with Gasteiger partial charge >= 0.3 is 0 Å². The molecule has 0 radical (unpaired) electrons. The number of nitrogens with one attached hydrogen (secondary N) is 1. The van der Waals surface area contributed by atoms with Gasteiger partial charge in [0.15, 0.2) is 6.29 Å². The molecule has 0 aromatic heterocycles. The number of hydrogen-bond donors (Lipinski definition) is 1. The van der Waals surface area contributed by atoms with Crippen LogP contribution in [0, 0.1) is 0 Å². The molecule has 0 fully saturated rings. The van der Waals surface area contributed by atoms with E-state index in [0.717, 1.165) is 24.3 Å². The first-order valence-corrected chi connectivity index (χ1v) is 5.79. The SMILES string of the molecule is CNC(c1cccc2c1OCC2)C(OC)OC. The summed E-state index contributed by atoms with van der Waals surface area (Å²) in [7, 11) is 5.18. The van der Waals surface area contributed by atoms with E-state index in [4.69, 9.17) is 14.2 Å². The molecule has 1 unspecified atom stereocenters. The number of benzene rings is 1. The zero-order valence-electron chi connectivity index (χ0n) is 10.5. The fourth-order valence-corrected chi connectivity index (χ4v) is 2.29. The first kappa shape index (κ1) is 12.4. The van der Waals surface area contributed by atoms with Crippen molar-refractivity contribution in [1.82, 2.24) is 5.32 Å². The normalized spacial score (nSPS) is 15.8. The van der Waals surface area contributed by atoms with Crippen molar-refractivity contribution in [2.45, 2.75) is 18.8 Å². The Morgan fingerprint density at radius 3 is 2.71 bits per heavy atom. The molecule has 2 rings (SSSR count). The molecular weight excluding hydrogens is 218 g/mol.